The number of carboxylic acids is 1. The average molecular weight is 421 g/mol. The molecule has 2 aliphatic rings. The number of benzene rings is 1. The largest absolute Gasteiger partial charge is 0.478 e. The number of carbonyl (C=O) groups excluding carboxylic acids is 3. The Labute approximate surface area is 170 Å². The molecule has 29 heavy (non-hydrogen) atoms. The Kier molecular flexibility index (Phi) is 6.23. The topological polar surface area (TPSA) is 119 Å². The van der Waals surface area contributed by atoms with E-state index < -0.39 is 24.0 Å². The zero-order valence-electron chi connectivity index (χ0n) is 15.7. The number of carbonyl (C=O) groups is 4. The Balaban J connectivity index is 1.76. The van der Waals surface area contributed by atoms with Gasteiger partial charge in [0.25, 0.3) is 5.91 Å². The van der Waals surface area contributed by atoms with Crippen LogP contribution < -0.4 is 0 Å². The van der Waals surface area contributed by atoms with Crippen molar-refractivity contribution in [3.63, 3.8) is 0 Å². The number of aromatic carboxylic acids is 1. The highest BCUT2D eigenvalue weighted by molar-refractivity contribution is 8.00. The molecular weight excluding hydrogens is 402 g/mol. The number of esters is 2. The molecule has 1 N–H and O–H groups in total. The van der Waals surface area contributed by atoms with Crippen LogP contribution in [0.2, 0.25) is 0 Å². The molecular formula is C19H19NO8S. The summed E-state index contributed by atoms with van der Waals surface area (Å²) in [5.74, 6) is -2.24. The number of fused-ring (bicyclic) bond motifs is 1. The van der Waals surface area contributed by atoms with Crippen molar-refractivity contribution in [3.05, 3.63) is 46.7 Å². The van der Waals surface area contributed by atoms with Crippen molar-refractivity contribution in [2.75, 3.05) is 19.5 Å². The van der Waals surface area contributed by atoms with Crippen molar-refractivity contribution in [3.8, 4) is 0 Å². The molecule has 1 unspecified atom stereocenters. The first-order valence-electron chi connectivity index (χ1n) is 8.65. The van der Waals surface area contributed by atoms with Gasteiger partial charge in [-0.3, -0.25) is 14.5 Å². The first kappa shape index (κ1) is 20.9. The summed E-state index contributed by atoms with van der Waals surface area (Å²) in [4.78, 5) is 48.5. The molecule has 154 valence electrons. The second-order valence-electron chi connectivity index (χ2n) is 6.38. The van der Waals surface area contributed by atoms with Crippen molar-refractivity contribution in [1.29, 1.82) is 0 Å². The SMILES string of the molecule is CO[C@@H]1C(=O)N2C(C(=O)OCc3ccc(C(=O)O)cc3)=C(COC(C)=O)CSC12. The Morgan fingerprint density at radius 1 is 1.17 bits per heavy atom. The number of methoxy groups -OCH3 is 1. The van der Waals surface area contributed by atoms with Crippen LogP contribution in [0, 0.1) is 0 Å². The zero-order chi connectivity index (χ0) is 21.1. The number of amides is 1. The molecule has 2 atom stereocenters. The summed E-state index contributed by atoms with van der Waals surface area (Å²) in [6, 6.07) is 5.90. The van der Waals surface area contributed by atoms with Gasteiger partial charge in [0, 0.05) is 25.4 Å². The number of hydrogen-bond donors (Lipinski definition) is 1. The van der Waals surface area contributed by atoms with E-state index in [9.17, 15) is 19.2 Å². The lowest BCUT2D eigenvalue weighted by Crippen LogP contribution is -2.65. The highest BCUT2D eigenvalue weighted by Crippen LogP contribution is 2.41. The molecule has 9 nitrogen and oxygen atoms in total. The molecule has 1 fully saturated rings. The molecule has 1 amide bonds. The monoisotopic (exact) mass is 421 g/mol. The van der Waals surface area contributed by atoms with E-state index in [1.165, 1.54) is 42.8 Å². The summed E-state index contributed by atoms with van der Waals surface area (Å²) < 4.78 is 15.5. The highest BCUT2D eigenvalue weighted by Gasteiger charge is 2.54. The Morgan fingerprint density at radius 2 is 1.86 bits per heavy atom. The van der Waals surface area contributed by atoms with Crippen LogP contribution in [0.3, 0.4) is 0 Å². The van der Waals surface area contributed by atoms with Crippen LogP contribution in [0.1, 0.15) is 22.8 Å². The van der Waals surface area contributed by atoms with E-state index >= 15 is 0 Å². The number of ether oxygens (including phenoxy) is 3. The summed E-state index contributed by atoms with van der Waals surface area (Å²) in [6.45, 7) is 1.04. The average Bonchev–Trinajstić information content (AvgIpc) is 2.70. The van der Waals surface area contributed by atoms with E-state index in [4.69, 9.17) is 19.3 Å². The van der Waals surface area contributed by atoms with Gasteiger partial charge in [0.15, 0.2) is 6.10 Å². The van der Waals surface area contributed by atoms with E-state index in [0.717, 1.165) is 0 Å². The second kappa shape index (κ2) is 8.66. The maximum absolute atomic E-state index is 12.8. The summed E-state index contributed by atoms with van der Waals surface area (Å²) >= 11 is 1.42. The van der Waals surface area contributed by atoms with Crippen molar-refractivity contribution in [1.82, 2.24) is 4.90 Å². The molecule has 0 bridgehead atoms. The summed E-state index contributed by atoms with van der Waals surface area (Å²) in [7, 11) is 1.43. The molecule has 10 heteroatoms. The fourth-order valence-electron chi connectivity index (χ4n) is 2.98. The number of hydrogen-bond acceptors (Lipinski definition) is 8. The second-order valence-corrected chi connectivity index (χ2v) is 7.48. The Bertz CT molecular complexity index is 879. The van der Waals surface area contributed by atoms with Gasteiger partial charge in [0.05, 0.1) is 5.56 Å². The van der Waals surface area contributed by atoms with Crippen molar-refractivity contribution >= 4 is 35.6 Å². The van der Waals surface area contributed by atoms with Gasteiger partial charge >= 0.3 is 17.9 Å². The van der Waals surface area contributed by atoms with Crippen LogP contribution in [0.25, 0.3) is 0 Å². The lowest BCUT2D eigenvalue weighted by molar-refractivity contribution is -0.163. The first-order chi connectivity index (χ1) is 13.8. The van der Waals surface area contributed by atoms with E-state index in [-0.39, 0.29) is 35.8 Å². The number of carboxylic acid groups (broad SMARTS) is 1. The van der Waals surface area contributed by atoms with Gasteiger partial charge in [-0.2, -0.15) is 0 Å². The van der Waals surface area contributed by atoms with Crippen molar-refractivity contribution in [2.24, 2.45) is 0 Å². The van der Waals surface area contributed by atoms with Crippen molar-refractivity contribution < 1.29 is 38.5 Å². The Morgan fingerprint density at radius 3 is 2.45 bits per heavy atom. The molecule has 0 spiro atoms. The van der Waals surface area contributed by atoms with Crippen LogP contribution in [-0.2, 0) is 35.2 Å². The van der Waals surface area contributed by atoms with Crippen LogP contribution in [0.4, 0.5) is 0 Å². The van der Waals surface area contributed by atoms with Gasteiger partial charge in [-0.15, -0.1) is 11.8 Å². The van der Waals surface area contributed by atoms with Gasteiger partial charge in [0.1, 0.15) is 24.3 Å². The van der Waals surface area contributed by atoms with Crippen molar-refractivity contribution in [2.45, 2.75) is 25.0 Å². The number of β-lactam (4-membered cyclic amide) rings is 1. The van der Waals surface area contributed by atoms with Crippen LogP contribution in [0.15, 0.2) is 35.5 Å². The minimum Gasteiger partial charge on any atom is -0.478 e. The van der Waals surface area contributed by atoms with Crippen LogP contribution >= 0.6 is 11.8 Å². The third-order valence-corrected chi connectivity index (χ3v) is 5.78. The maximum atomic E-state index is 12.8. The van der Waals surface area contributed by atoms with E-state index in [1.54, 1.807) is 12.1 Å². The quantitative estimate of drug-likeness (QED) is 0.511. The molecule has 3 rings (SSSR count). The molecule has 2 heterocycles. The lowest BCUT2D eigenvalue weighted by atomic mass is 10.1. The number of nitrogens with zero attached hydrogens (tertiary/aromatic N) is 1. The number of thioether (sulfide) groups is 1. The molecule has 1 aromatic rings. The molecule has 0 aliphatic carbocycles. The van der Waals surface area contributed by atoms with Crippen LogP contribution in [-0.4, -0.2) is 64.8 Å². The first-order valence-corrected chi connectivity index (χ1v) is 9.70. The van der Waals surface area contributed by atoms with Gasteiger partial charge < -0.3 is 19.3 Å². The summed E-state index contributed by atoms with van der Waals surface area (Å²) in [6.07, 6.45) is -0.637. The van der Waals surface area contributed by atoms with Gasteiger partial charge in [-0.05, 0) is 17.7 Å². The van der Waals surface area contributed by atoms with Gasteiger partial charge in [-0.25, -0.2) is 9.59 Å². The lowest BCUT2D eigenvalue weighted by Gasteiger charge is -2.48. The minimum atomic E-state index is -1.05. The molecule has 0 radical (unpaired) electrons. The summed E-state index contributed by atoms with van der Waals surface area (Å²) in [5.41, 5.74) is 1.26. The Hall–Kier alpha value is -2.85. The predicted molar refractivity (Wildman–Crippen MR) is 101 cm³/mol. The third-order valence-electron chi connectivity index (χ3n) is 4.47. The van der Waals surface area contributed by atoms with Gasteiger partial charge in [0.2, 0.25) is 0 Å². The predicted octanol–water partition coefficient (Wildman–Crippen LogP) is 1.18. The minimum absolute atomic E-state index is 0.0652. The molecule has 1 aromatic carbocycles. The summed E-state index contributed by atoms with van der Waals surface area (Å²) in [5, 5.41) is 8.59. The van der Waals surface area contributed by atoms with E-state index in [0.29, 0.717) is 16.9 Å². The number of rotatable bonds is 7. The molecule has 2 aliphatic heterocycles. The molecule has 0 saturated carbocycles. The standard InChI is InChI=1S/C19H19NO8S/c1-10(21)27-8-13-9-29-17-15(26-2)16(22)20(17)14(13)19(25)28-7-11-3-5-12(6-4-11)18(23)24/h3-6,15,17H,7-9H2,1-2H3,(H,23,24)/t15-,17?/m1/s1. The van der Waals surface area contributed by atoms with Gasteiger partial charge in [-0.1, -0.05) is 12.1 Å². The fraction of sp³-hybridized carbons (Fsp3) is 0.368. The highest BCUT2D eigenvalue weighted by atomic mass is 32.2. The van der Waals surface area contributed by atoms with Crippen LogP contribution in [0.5, 0.6) is 0 Å². The van der Waals surface area contributed by atoms with E-state index in [2.05, 4.69) is 0 Å². The van der Waals surface area contributed by atoms with E-state index in [1.807, 2.05) is 0 Å². The zero-order valence-corrected chi connectivity index (χ0v) is 16.6. The fourth-order valence-corrected chi connectivity index (χ4v) is 4.33. The third kappa shape index (κ3) is 4.28. The molecule has 1 saturated heterocycles. The maximum Gasteiger partial charge on any atom is 0.355 e. The molecule has 0 aromatic heterocycles. The normalized spacial score (nSPS) is 20.6. The smallest absolute Gasteiger partial charge is 0.355 e.